The third-order valence-electron chi connectivity index (χ3n) is 2.18. The number of aromatic nitrogens is 2. The molecule has 0 unspecified atom stereocenters. The van der Waals surface area contributed by atoms with E-state index in [1.165, 1.54) is 18.5 Å². The molecule has 0 N–H and O–H groups in total. The summed E-state index contributed by atoms with van der Waals surface area (Å²) in [5.74, 6) is 0.249. The van der Waals surface area contributed by atoms with Gasteiger partial charge in [0.1, 0.15) is 0 Å². The lowest BCUT2D eigenvalue weighted by Crippen LogP contribution is -1.97. The second-order valence-electron chi connectivity index (χ2n) is 3.46. The van der Waals surface area contributed by atoms with Crippen molar-refractivity contribution in [3.63, 3.8) is 0 Å². The first-order valence-electron chi connectivity index (χ1n) is 4.97. The third kappa shape index (κ3) is 2.54. The van der Waals surface area contributed by atoms with Crippen molar-refractivity contribution in [3.05, 3.63) is 51.4 Å². The van der Waals surface area contributed by atoms with E-state index in [1.807, 2.05) is 0 Å². The van der Waals surface area contributed by atoms with E-state index in [0.717, 1.165) is 0 Å². The fourth-order valence-electron chi connectivity index (χ4n) is 1.39. The number of ether oxygens (including phenoxy) is 1. The van der Waals surface area contributed by atoms with E-state index < -0.39 is 4.92 Å². The van der Waals surface area contributed by atoms with Crippen LogP contribution in [0.15, 0.2) is 30.6 Å². The molecule has 0 aliphatic heterocycles. The molecule has 0 aliphatic rings. The largest absolute Gasteiger partial charge is 0.430 e. The SMILES string of the molecule is Cc1cccc([N+](=O)[O-])c1Oc1cncc(Cl)n1. The van der Waals surface area contributed by atoms with Gasteiger partial charge in [0.2, 0.25) is 11.6 Å². The van der Waals surface area contributed by atoms with Gasteiger partial charge in [-0.25, -0.2) is 0 Å². The summed E-state index contributed by atoms with van der Waals surface area (Å²) in [5, 5.41) is 11.1. The van der Waals surface area contributed by atoms with E-state index >= 15 is 0 Å². The summed E-state index contributed by atoms with van der Waals surface area (Å²) >= 11 is 5.67. The second kappa shape index (κ2) is 4.97. The van der Waals surface area contributed by atoms with Crippen molar-refractivity contribution >= 4 is 17.3 Å². The molecular weight excluding hydrogens is 258 g/mol. The Bertz CT molecular complexity index is 604. The molecule has 0 saturated carbocycles. The van der Waals surface area contributed by atoms with E-state index in [-0.39, 0.29) is 22.5 Å². The highest BCUT2D eigenvalue weighted by molar-refractivity contribution is 6.29. The van der Waals surface area contributed by atoms with Crippen LogP contribution < -0.4 is 4.74 Å². The van der Waals surface area contributed by atoms with Gasteiger partial charge in [0.15, 0.2) is 5.15 Å². The van der Waals surface area contributed by atoms with Gasteiger partial charge in [0, 0.05) is 6.07 Å². The van der Waals surface area contributed by atoms with Gasteiger partial charge in [-0.05, 0) is 12.5 Å². The van der Waals surface area contributed by atoms with E-state index in [1.54, 1.807) is 19.1 Å². The molecule has 1 aromatic heterocycles. The molecule has 0 bridgehead atoms. The summed E-state index contributed by atoms with van der Waals surface area (Å²) in [5.41, 5.74) is 0.503. The average molecular weight is 266 g/mol. The number of benzene rings is 1. The maximum absolute atomic E-state index is 10.9. The number of nitro benzene ring substituents is 1. The van der Waals surface area contributed by atoms with Crippen molar-refractivity contribution in [2.75, 3.05) is 0 Å². The van der Waals surface area contributed by atoms with Gasteiger partial charge < -0.3 is 4.74 Å². The highest BCUT2D eigenvalue weighted by Gasteiger charge is 2.18. The molecule has 6 nitrogen and oxygen atoms in total. The van der Waals surface area contributed by atoms with Gasteiger partial charge in [0.25, 0.3) is 0 Å². The minimum absolute atomic E-state index is 0.111. The first-order valence-corrected chi connectivity index (χ1v) is 5.35. The summed E-state index contributed by atoms with van der Waals surface area (Å²) in [6, 6.07) is 4.66. The Morgan fingerprint density at radius 1 is 1.39 bits per heavy atom. The molecular formula is C11H8ClN3O3. The molecule has 2 rings (SSSR count). The van der Waals surface area contributed by atoms with Crippen molar-refractivity contribution in [1.82, 2.24) is 9.97 Å². The van der Waals surface area contributed by atoms with Crippen LogP contribution in [0.5, 0.6) is 11.6 Å². The number of rotatable bonds is 3. The zero-order valence-electron chi connectivity index (χ0n) is 9.33. The normalized spacial score (nSPS) is 10.1. The number of nitrogens with zero attached hydrogens (tertiary/aromatic N) is 3. The number of nitro groups is 1. The Kier molecular flexibility index (Phi) is 3.38. The lowest BCUT2D eigenvalue weighted by molar-refractivity contribution is -0.385. The van der Waals surface area contributed by atoms with Crippen molar-refractivity contribution < 1.29 is 9.66 Å². The monoisotopic (exact) mass is 265 g/mol. The lowest BCUT2D eigenvalue weighted by Gasteiger charge is -2.07. The molecule has 0 atom stereocenters. The first-order chi connectivity index (χ1) is 8.58. The number of hydrogen-bond donors (Lipinski definition) is 0. The minimum Gasteiger partial charge on any atom is -0.430 e. The molecule has 0 aliphatic carbocycles. The molecule has 1 heterocycles. The number of hydrogen-bond acceptors (Lipinski definition) is 5. The van der Waals surface area contributed by atoms with E-state index in [4.69, 9.17) is 16.3 Å². The molecule has 0 fully saturated rings. The fourth-order valence-corrected chi connectivity index (χ4v) is 1.53. The van der Waals surface area contributed by atoms with Crippen LogP contribution in [0.3, 0.4) is 0 Å². The molecule has 7 heteroatoms. The zero-order chi connectivity index (χ0) is 13.1. The van der Waals surface area contributed by atoms with Gasteiger partial charge in [-0.3, -0.25) is 15.1 Å². The Labute approximate surface area is 107 Å². The molecule has 1 aromatic carbocycles. The first kappa shape index (κ1) is 12.3. The molecule has 18 heavy (non-hydrogen) atoms. The molecule has 0 amide bonds. The van der Waals surface area contributed by atoms with Gasteiger partial charge in [-0.1, -0.05) is 23.7 Å². The van der Waals surface area contributed by atoms with Crippen LogP contribution in [0.25, 0.3) is 0 Å². The predicted molar refractivity (Wildman–Crippen MR) is 64.9 cm³/mol. The zero-order valence-corrected chi connectivity index (χ0v) is 10.1. The van der Waals surface area contributed by atoms with Crippen LogP contribution in [0.2, 0.25) is 5.15 Å². The Hall–Kier alpha value is -2.21. The van der Waals surface area contributed by atoms with E-state index in [2.05, 4.69) is 9.97 Å². The molecule has 0 spiro atoms. The Balaban J connectivity index is 2.42. The van der Waals surface area contributed by atoms with Crippen molar-refractivity contribution in [2.45, 2.75) is 6.92 Å². The maximum atomic E-state index is 10.9. The molecule has 0 saturated heterocycles. The van der Waals surface area contributed by atoms with Gasteiger partial charge >= 0.3 is 5.69 Å². The van der Waals surface area contributed by atoms with Crippen molar-refractivity contribution in [2.24, 2.45) is 0 Å². The van der Waals surface area contributed by atoms with Gasteiger partial charge in [-0.15, -0.1) is 0 Å². The van der Waals surface area contributed by atoms with E-state index in [9.17, 15) is 10.1 Å². The maximum Gasteiger partial charge on any atom is 0.311 e. The van der Waals surface area contributed by atoms with Crippen LogP contribution in [0.1, 0.15) is 5.56 Å². The van der Waals surface area contributed by atoms with Crippen LogP contribution >= 0.6 is 11.6 Å². The summed E-state index contributed by atoms with van der Waals surface area (Å²) < 4.78 is 5.38. The van der Waals surface area contributed by atoms with E-state index in [0.29, 0.717) is 5.56 Å². The second-order valence-corrected chi connectivity index (χ2v) is 3.85. The lowest BCUT2D eigenvalue weighted by atomic mass is 10.2. The third-order valence-corrected chi connectivity index (χ3v) is 2.36. The van der Waals surface area contributed by atoms with Crippen molar-refractivity contribution in [3.8, 4) is 11.6 Å². The van der Waals surface area contributed by atoms with Gasteiger partial charge in [-0.2, -0.15) is 4.98 Å². The van der Waals surface area contributed by atoms with Crippen LogP contribution in [0, 0.1) is 17.0 Å². The molecule has 0 radical (unpaired) electrons. The van der Waals surface area contributed by atoms with Crippen molar-refractivity contribution in [1.29, 1.82) is 0 Å². The number of para-hydroxylation sites is 1. The molecule has 2 aromatic rings. The highest BCUT2D eigenvalue weighted by Crippen LogP contribution is 2.33. The fraction of sp³-hybridized carbons (Fsp3) is 0.0909. The summed E-state index contributed by atoms with van der Waals surface area (Å²) in [6.45, 7) is 1.71. The topological polar surface area (TPSA) is 78.2 Å². The predicted octanol–water partition coefficient (Wildman–Crippen LogP) is 3.14. The minimum atomic E-state index is -0.514. The number of halogens is 1. The average Bonchev–Trinajstić information content (AvgIpc) is 2.31. The summed E-state index contributed by atoms with van der Waals surface area (Å²) in [7, 11) is 0. The summed E-state index contributed by atoms with van der Waals surface area (Å²) in [6.07, 6.45) is 2.68. The van der Waals surface area contributed by atoms with Crippen LogP contribution in [-0.4, -0.2) is 14.9 Å². The highest BCUT2D eigenvalue weighted by atomic mass is 35.5. The quantitative estimate of drug-likeness (QED) is 0.629. The summed E-state index contributed by atoms with van der Waals surface area (Å²) in [4.78, 5) is 18.0. The Morgan fingerprint density at radius 3 is 2.83 bits per heavy atom. The Morgan fingerprint density at radius 2 is 2.17 bits per heavy atom. The smallest absolute Gasteiger partial charge is 0.311 e. The number of aryl methyl sites for hydroxylation is 1. The van der Waals surface area contributed by atoms with Crippen LogP contribution in [-0.2, 0) is 0 Å². The molecule has 92 valence electrons. The standard InChI is InChI=1S/C11H8ClN3O3/c1-7-3-2-4-8(15(16)17)11(7)18-10-6-13-5-9(12)14-10/h2-6H,1H3. The van der Waals surface area contributed by atoms with Crippen LogP contribution in [0.4, 0.5) is 5.69 Å². The van der Waals surface area contributed by atoms with Gasteiger partial charge in [0.05, 0.1) is 17.3 Å².